The lowest BCUT2D eigenvalue weighted by molar-refractivity contribution is 0.0595. The number of pyridine rings is 1. The average Bonchev–Trinajstić information content (AvgIpc) is 2.62. The van der Waals surface area contributed by atoms with Crippen molar-refractivity contribution in [2.45, 2.75) is 0 Å². The van der Waals surface area contributed by atoms with Crippen molar-refractivity contribution in [3.63, 3.8) is 0 Å². The van der Waals surface area contributed by atoms with Gasteiger partial charge in [0.2, 0.25) is 0 Å². The van der Waals surface area contributed by atoms with Crippen LogP contribution in [-0.2, 0) is 4.74 Å². The fourth-order valence-electron chi connectivity index (χ4n) is 1.27. The molecule has 0 aromatic carbocycles. The Kier molecular flexibility index (Phi) is 1.85. The van der Waals surface area contributed by atoms with Crippen LogP contribution in [0.2, 0.25) is 0 Å². The SMILES string of the molecule is COC(=O)c1cc2c(=O)cc[nH]c2[nH]1. The third-order valence-corrected chi connectivity index (χ3v) is 1.95. The summed E-state index contributed by atoms with van der Waals surface area (Å²) in [6.07, 6.45) is 1.52. The van der Waals surface area contributed by atoms with Gasteiger partial charge in [-0.1, -0.05) is 0 Å². The first-order valence-corrected chi connectivity index (χ1v) is 4.01. The monoisotopic (exact) mass is 192 g/mol. The lowest BCUT2D eigenvalue weighted by Gasteiger charge is -1.91. The van der Waals surface area contributed by atoms with E-state index in [0.29, 0.717) is 11.0 Å². The molecule has 0 radical (unpaired) electrons. The van der Waals surface area contributed by atoms with Crippen LogP contribution in [0.5, 0.6) is 0 Å². The largest absolute Gasteiger partial charge is 0.464 e. The van der Waals surface area contributed by atoms with E-state index in [2.05, 4.69) is 14.7 Å². The number of rotatable bonds is 1. The molecule has 2 heterocycles. The summed E-state index contributed by atoms with van der Waals surface area (Å²) < 4.78 is 4.52. The summed E-state index contributed by atoms with van der Waals surface area (Å²) in [5.74, 6) is -0.492. The zero-order valence-corrected chi connectivity index (χ0v) is 7.46. The van der Waals surface area contributed by atoms with E-state index in [4.69, 9.17) is 0 Å². The lowest BCUT2D eigenvalue weighted by atomic mass is 10.3. The number of fused-ring (bicyclic) bond motifs is 1. The first kappa shape index (κ1) is 8.55. The van der Waals surface area contributed by atoms with Gasteiger partial charge >= 0.3 is 5.97 Å². The van der Waals surface area contributed by atoms with Crippen LogP contribution in [0.4, 0.5) is 0 Å². The van der Waals surface area contributed by atoms with E-state index in [1.54, 1.807) is 0 Å². The Morgan fingerprint density at radius 3 is 2.93 bits per heavy atom. The Morgan fingerprint density at radius 1 is 1.50 bits per heavy atom. The predicted molar refractivity (Wildman–Crippen MR) is 50.3 cm³/mol. The molecule has 0 aliphatic heterocycles. The molecule has 72 valence electrons. The van der Waals surface area contributed by atoms with Crippen LogP contribution < -0.4 is 5.43 Å². The number of esters is 1. The Hall–Kier alpha value is -2.04. The number of carbonyl (C=O) groups excluding carboxylic acids is 1. The van der Waals surface area contributed by atoms with Crippen molar-refractivity contribution in [1.82, 2.24) is 9.97 Å². The Morgan fingerprint density at radius 2 is 2.29 bits per heavy atom. The van der Waals surface area contributed by atoms with Crippen molar-refractivity contribution in [3.05, 3.63) is 34.2 Å². The normalized spacial score (nSPS) is 10.4. The molecule has 0 amide bonds. The Labute approximate surface area is 78.7 Å². The number of aromatic nitrogens is 2. The second kappa shape index (κ2) is 3.02. The summed E-state index contributed by atoms with van der Waals surface area (Å²) in [7, 11) is 1.29. The van der Waals surface area contributed by atoms with E-state index >= 15 is 0 Å². The first-order valence-electron chi connectivity index (χ1n) is 4.01. The molecule has 0 unspecified atom stereocenters. The highest BCUT2D eigenvalue weighted by molar-refractivity contribution is 5.93. The fraction of sp³-hybridized carbons (Fsp3) is 0.111. The zero-order valence-electron chi connectivity index (χ0n) is 7.46. The molecule has 0 fully saturated rings. The molecule has 0 saturated heterocycles. The molecule has 2 aromatic rings. The molecule has 2 rings (SSSR count). The first-order chi connectivity index (χ1) is 6.72. The second-order valence-electron chi connectivity index (χ2n) is 2.81. The van der Waals surface area contributed by atoms with Crippen molar-refractivity contribution in [1.29, 1.82) is 0 Å². The maximum absolute atomic E-state index is 11.3. The highest BCUT2D eigenvalue weighted by Crippen LogP contribution is 2.08. The number of H-pyrrole nitrogens is 2. The van der Waals surface area contributed by atoms with E-state index in [-0.39, 0.29) is 11.1 Å². The fourth-order valence-corrected chi connectivity index (χ4v) is 1.27. The molecule has 5 heteroatoms. The van der Waals surface area contributed by atoms with E-state index in [0.717, 1.165) is 0 Å². The summed E-state index contributed by atoms with van der Waals surface area (Å²) in [6.45, 7) is 0. The van der Waals surface area contributed by atoms with Crippen molar-refractivity contribution in [2.24, 2.45) is 0 Å². The Balaban J connectivity index is 2.68. The van der Waals surface area contributed by atoms with E-state index < -0.39 is 5.97 Å². The molecule has 5 nitrogen and oxygen atoms in total. The number of aromatic amines is 2. The summed E-state index contributed by atoms with van der Waals surface area (Å²) >= 11 is 0. The van der Waals surface area contributed by atoms with Crippen molar-refractivity contribution >= 4 is 17.0 Å². The third-order valence-electron chi connectivity index (χ3n) is 1.95. The molecule has 14 heavy (non-hydrogen) atoms. The average molecular weight is 192 g/mol. The summed E-state index contributed by atoms with van der Waals surface area (Å²) in [5, 5.41) is 0.452. The van der Waals surface area contributed by atoms with Gasteiger partial charge in [0.1, 0.15) is 11.3 Å². The summed E-state index contributed by atoms with van der Waals surface area (Å²) in [6, 6.07) is 2.87. The Bertz CT molecular complexity index is 538. The standard InChI is InChI=1S/C9H8N2O3/c1-14-9(13)6-4-5-7(12)2-3-10-8(5)11-6/h2-4H,1H3,(H2,10,11,12). The number of methoxy groups -OCH3 is 1. The molecule has 0 spiro atoms. The van der Waals surface area contributed by atoms with Gasteiger partial charge in [0.05, 0.1) is 12.5 Å². The molecular formula is C9H8N2O3. The number of carbonyl (C=O) groups is 1. The van der Waals surface area contributed by atoms with Crippen LogP contribution in [0.25, 0.3) is 11.0 Å². The van der Waals surface area contributed by atoms with Gasteiger partial charge in [0.15, 0.2) is 5.43 Å². The predicted octanol–water partition coefficient (Wildman–Crippen LogP) is 0.643. The van der Waals surface area contributed by atoms with Gasteiger partial charge in [-0.2, -0.15) is 0 Å². The molecule has 0 aliphatic carbocycles. The molecule has 0 aliphatic rings. The van der Waals surface area contributed by atoms with Gasteiger partial charge in [-0.3, -0.25) is 4.79 Å². The molecule has 0 saturated carbocycles. The van der Waals surface area contributed by atoms with Gasteiger partial charge in [0, 0.05) is 12.3 Å². The van der Waals surface area contributed by atoms with E-state index in [1.807, 2.05) is 0 Å². The van der Waals surface area contributed by atoms with Gasteiger partial charge in [0.25, 0.3) is 0 Å². The molecule has 0 bridgehead atoms. The van der Waals surface area contributed by atoms with Crippen LogP contribution in [0.3, 0.4) is 0 Å². The second-order valence-corrected chi connectivity index (χ2v) is 2.81. The summed E-state index contributed by atoms with van der Waals surface area (Å²) in [5.41, 5.74) is 0.658. The minimum atomic E-state index is -0.492. The number of hydrogen-bond acceptors (Lipinski definition) is 3. The van der Waals surface area contributed by atoms with Gasteiger partial charge < -0.3 is 14.7 Å². The quantitative estimate of drug-likeness (QED) is 0.651. The van der Waals surface area contributed by atoms with Crippen LogP contribution in [0, 0.1) is 0 Å². The smallest absolute Gasteiger partial charge is 0.354 e. The third kappa shape index (κ3) is 1.19. The number of hydrogen-bond donors (Lipinski definition) is 2. The topological polar surface area (TPSA) is 75.0 Å². The van der Waals surface area contributed by atoms with Gasteiger partial charge in [-0.15, -0.1) is 0 Å². The maximum atomic E-state index is 11.3. The minimum absolute atomic E-state index is 0.134. The number of ether oxygens (including phenoxy) is 1. The molecule has 0 atom stereocenters. The van der Waals surface area contributed by atoms with Gasteiger partial charge in [-0.05, 0) is 6.07 Å². The maximum Gasteiger partial charge on any atom is 0.354 e. The molecule has 2 aromatic heterocycles. The number of nitrogens with one attached hydrogen (secondary N) is 2. The minimum Gasteiger partial charge on any atom is -0.464 e. The highest BCUT2D eigenvalue weighted by Gasteiger charge is 2.10. The van der Waals surface area contributed by atoms with Crippen LogP contribution in [0.1, 0.15) is 10.5 Å². The molecular weight excluding hydrogens is 184 g/mol. The zero-order chi connectivity index (χ0) is 10.1. The van der Waals surface area contributed by atoms with Crippen molar-refractivity contribution in [3.8, 4) is 0 Å². The van der Waals surface area contributed by atoms with Crippen LogP contribution >= 0.6 is 0 Å². The van der Waals surface area contributed by atoms with Crippen molar-refractivity contribution < 1.29 is 9.53 Å². The van der Waals surface area contributed by atoms with Gasteiger partial charge in [-0.25, -0.2) is 4.79 Å². The lowest BCUT2D eigenvalue weighted by Crippen LogP contribution is -2.00. The highest BCUT2D eigenvalue weighted by atomic mass is 16.5. The van der Waals surface area contributed by atoms with E-state index in [1.165, 1.54) is 25.4 Å². The van der Waals surface area contributed by atoms with Crippen LogP contribution in [0.15, 0.2) is 23.1 Å². The summed E-state index contributed by atoms with van der Waals surface area (Å²) in [4.78, 5) is 28.0. The van der Waals surface area contributed by atoms with E-state index in [9.17, 15) is 9.59 Å². The van der Waals surface area contributed by atoms with Crippen molar-refractivity contribution in [2.75, 3.05) is 7.11 Å². The molecule has 2 N–H and O–H groups in total. The van der Waals surface area contributed by atoms with Crippen LogP contribution in [-0.4, -0.2) is 23.0 Å².